The fourth-order valence-electron chi connectivity index (χ4n) is 3.89. The molecule has 2 aliphatic rings. The molecule has 0 radical (unpaired) electrons. The molecule has 2 N–H and O–H groups in total. The summed E-state index contributed by atoms with van der Waals surface area (Å²) in [6.07, 6.45) is 2.07. The first kappa shape index (κ1) is 21.0. The number of nitrogens with one attached hydrogen (secondary N) is 2. The van der Waals surface area contributed by atoms with Gasteiger partial charge >= 0.3 is 0 Å². The zero-order valence-electron chi connectivity index (χ0n) is 15.2. The summed E-state index contributed by atoms with van der Waals surface area (Å²) >= 11 is 12.0. The van der Waals surface area contributed by atoms with Gasteiger partial charge in [-0.15, -0.1) is 0 Å². The van der Waals surface area contributed by atoms with E-state index in [2.05, 4.69) is 10.6 Å². The average molecular weight is 434 g/mol. The van der Waals surface area contributed by atoms with Crippen LogP contribution in [0.5, 0.6) is 0 Å². The fraction of sp³-hybridized carbons (Fsp3) is 0.611. The number of benzene rings is 1. The predicted molar refractivity (Wildman–Crippen MR) is 108 cm³/mol. The molecule has 0 saturated carbocycles. The number of rotatable bonds is 6. The molecule has 3 rings (SSSR count). The molecule has 6 nitrogen and oxygen atoms in total. The van der Waals surface area contributed by atoms with Crippen LogP contribution in [0, 0.1) is 0 Å². The lowest BCUT2D eigenvalue weighted by Gasteiger charge is -2.36. The van der Waals surface area contributed by atoms with Crippen LogP contribution in [0.2, 0.25) is 10.0 Å². The van der Waals surface area contributed by atoms with Crippen molar-refractivity contribution in [1.29, 1.82) is 0 Å². The second-order valence-electron chi connectivity index (χ2n) is 7.34. The van der Waals surface area contributed by atoms with Gasteiger partial charge in [0.1, 0.15) is 0 Å². The molecule has 0 bridgehead atoms. The highest BCUT2D eigenvalue weighted by atomic mass is 35.5. The maximum Gasteiger partial charge on any atom is 0.155 e. The van der Waals surface area contributed by atoms with Gasteiger partial charge in [0.05, 0.1) is 21.3 Å². The molecule has 2 heterocycles. The Hall–Kier alpha value is -0.700. The number of carbonyl (C=O) groups is 1. The van der Waals surface area contributed by atoms with E-state index in [1.165, 1.54) is 6.26 Å². The zero-order valence-corrected chi connectivity index (χ0v) is 17.6. The first-order valence-corrected chi connectivity index (χ1v) is 11.8. The molecule has 1 aromatic rings. The molecule has 0 aromatic heterocycles. The number of likely N-dealkylation sites (tertiary alicyclic amines) is 1. The summed E-state index contributed by atoms with van der Waals surface area (Å²) in [6.45, 7) is 3.32. The van der Waals surface area contributed by atoms with Gasteiger partial charge in [0.2, 0.25) is 0 Å². The van der Waals surface area contributed by atoms with Crippen molar-refractivity contribution >= 4 is 38.8 Å². The number of carbonyl (C=O) groups excluding carboxylic acids is 1. The SMILES string of the molecule is CS(=O)(=O)C1CCN(C(C(=O)Cc2ccc(Cl)c(Cl)c2)C2CNCCN2)C1. The Morgan fingerprint density at radius 2 is 2.07 bits per heavy atom. The van der Waals surface area contributed by atoms with Gasteiger partial charge in [-0.2, -0.15) is 0 Å². The molecule has 2 aliphatic heterocycles. The van der Waals surface area contributed by atoms with Crippen LogP contribution in [-0.4, -0.2) is 75.4 Å². The molecule has 2 saturated heterocycles. The summed E-state index contributed by atoms with van der Waals surface area (Å²) in [6, 6.07) is 4.79. The normalized spacial score (nSPS) is 25.4. The maximum atomic E-state index is 13.2. The van der Waals surface area contributed by atoms with Gasteiger partial charge in [-0.1, -0.05) is 29.3 Å². The molecule has 27 heavy (non-hydrogen) atoms. The van der Waals surface area contributed by atoms with E-state index in [0.717, 1.165) is 18.7 Å². The van der Waals surface area contributed by atoms with Crippen molar-refractivity contribution in [3.8, 4) is 0 Å². The number of hydrogen-bond donors (Lipinski definition) is 2. The molecule has 2 fully saturated rings. The van der Waals surface area contributed by atoms with Gasteiger partial charge in [0, 0.05) is 51.4 Å². The summed E-state index contributed by atoms with van der Waals surface area (Å²) in [5, 5.41) is 7.21. The van der Waals surface area contributed by atoms with Gasteiger partial charge in [-0.25, -0.2) is 8.42 Å². The van der Waals surface area contributed by atoms with Crippen molar-refractivity contribution in [3.63, 3.8) is 0 Å². The van der Waals surface area contributed by atoms with E-state index in [0.29, 0.717) is 36.1 Å². The summed E-state index contributed by atoms with van der Waals surface area (Å²) in [5.41, 5.74) is 0.807. The summed E-state index contributed by atoms with van der Waals surface area (Å²) in [4.78, 5) is 15.2. The van der Waals surface area contributed by atoms with E-state index in [1.807, 2.05) is 4.90 Å². The molecular weight excluding hydrogens is 409 g/mol. The third-order valence-electron chi connectivity index (χ3n) is 5.32. The van der Waals surface area contributed by atoms with Crippen LogP contribution in [0.4, 0.5) is 0 Å². The van der Waals surface area contributed by atoms with Gasteiger partial charge in [0.15, 0.2) is 15.6 Å². The standard InChI is InChI=1S/C18H25Cl2N3O3S/c1-27(25,26)13-4-7-23(11-13)18(16-10-21-5-6-22-16)17(24)9-12-2-3-14(19)15(20)8-12/h2-3,8,13,16,18,21-22H,4-7,9-11H2,1H3. The van der Waals surface area contributed by atoms with Crippen LogP contribution in [0.15, 0.2) is 18.2 Å². The van der Waals surface area contributed by atoms with E-state index in [9.17, 15) is 13.2 Å². The van der Waals surface area contributed by atoms with Crippen molar-refractivity contribution in [2.24, 2.45) is 0 Å². The van der Waals surface area contributed by atoms with Crippen LogP contribution in [0.3, 0.4) is 0 Å². The quantitative estimate of drug-likeness (QED) is 0.700. The van der Waals surface area contributed by atoms with Crippen LogP contribution >= 0.6 is 23.2 Å². The van der Waals surface area contributed by atoms with Crippen molar-refractivity contribution in [3.05, 3.63) is 33.8 Å². The molecule has 3 atom stereocenters. The van der Waals surface area contributed by atoms with Crippen molar-refractivity contribution in [1.82, 2.24) is 15.5 Å². The summed E-state index contributed by atoms with van der Waals surface area (Å²) in [7, 11) is -3.12. The number of hydrogen-bond acceptors (Lipinski definition) is 6. The monoisotopic (exact) mass is 433 g/mol. The summed E-state index contributed by atoms with van der Waals surface area (Å²) in [5.74, 6) is 0.0590. The highest BCUT2D eigenvalue weighted by molar-refractivity contribution is 7.91. The van der Waals surface area contributed by atoms with E-state index in [1.54, 1.807) is 18.2 Å². The van der Waals surface area contributed by atoms with Gasteiger partial charge in [0.25, 0.3) is 0 Å². The Morgan fingerprint density at radius 1 is 1.30 bits per heavy atom. The number of nitrogens with zero attached hydrogens (tertiary/aromatic N) is 1. The molecule has 150 valence electrons. The van der Waals surface area contributed by atoms with E-state index in [-0.39, 0.29) is 24.3 Å². The van der Waals surface area contributed by atoms with Crippen molar-refractivity contribution in [2.45, 2.75) is 30.2 Å². The molecule has 9 heteroatoms. The van der Waals surface area contributed by atoms with Gasteiger partial charge in [-0.3, -0.25) is 9.69 Å². The maximum absolute atomic E-state index is 13.2. The van der Waals surface area contributed by atoms with Crippen molar-refractivity contribution in [2.75, 3.05) is 39.0 Å². The Balaban J connectivity index is 1.79. The molecular formula is C18H25Cl2N3O3S. The van der Waals surface area contributed by atoms with E-state index >= 15 is 0 Å². The van der Waals surface area contributed by atoms with Crippen LogP contribution in [0.1, 0.15) is 12.0 Å². The lowest BCUT2D eigenvalue weighted by atomic mass is 9.95. The number of piperazine rings is 1. The average Bonchev–Trinajstić information content (AvgIpc) is 3.09. The smallest absolute Gasteiger partial charge is 0.155 e. The third kappa shape index (κ3) is 5.22. The molecule has 0 amide bonds. The molecule has 0 spiro atoms. The molecule has 3 unspecified atom stereocenters. The highest BCUT2D eigenvalue weighted by Gasteiger charge is 2.40. The highest BCUT2D eigenvalue weighted by Crippen LogP contribution is 2.25. The Morgan fingerprint density at radius 3 is 2.67 bits per heavy atom. The van der Waals surface area contributed by atoms with Crippen LogP contribution in [0.25, 0.3) is 0 Å². The second kappa shape index (κ2) is 8.76. The number of sulfone groups is 1. The van der Waals surface area contributed by atoms with Gasteiger partial charge < -0.3 is 10.6 Å². The minimum atomic E-state index is -3.12. The largest absolute Gasteiger partial charge is 0.314 e. The Bertz CT molecular complexity index is 797. The number of Topliss-reactive ketones (excluding diaryl/α,β-unsaturated/α-hetero) is 1. The second-order valence-corrected chi connectivity index (χ2v) is 10.5. The first-order chi connectivity index (χ1) is 12.8. The molecule has 1 aromatic carbocycles. The topological polar surface area (TPSA) is 78.5 Å². The van der Waals surface area contributed by atoms with Crippen molar-refractivity contribution < 1.29 is 13.2 Å². The lowest BCUT2D eigenvalue weighted by molar-refractivity contribution is -0.124. The Kier molecular flexibility index (Phi) is 6.82. The third-order valence-corrected chi connectivity index (χ3v) is 7.66. The minimum absolute atomic E-state index is 0.0488. The molecule has 0 aliphatic carbocycles. The number of halogens is 2. The predicted octanol–water partition coefficient (Wildman–Crippen LogP) is 1.15. The first-order valence-electron chi connectivity index (χ1n) is 9.09. The van der Waals surface area contributed by atoms with E-state index < -0.39 is 15.1 Å². The Labute approximate surface area is 170 Å². The summed E-state index contributed by atoms with van der Waals surface area (Å²) < 4.78 is 23.9. The van der Waals surface area contributed by atoms with E-state index in [4.69, 9.17) is 23.2 Å². The zero-order chi connectivity index (χ0) is 19.6. The van der Waals surface area contributed by atoms with Crippen LogP contribution < -0.4 is 10.6 Å². The van der Waals surface area contributed by atoms with Crippen LogP contribution in [-0.2, 0) is 21.1 Å². The minimum Gasteiger partial charge on any atom is -0.314 e. The fourth-order valence-corrected chi connectivity index (χ4v) is 5.21. The van der Waals surface area contributed by atoms with Gasteiger partial charge in [-0.05, 0) is 24.1 Å². The lowest BCUT2D eigenvalue weighted by Crippen LogP contribution is -2.61. The number of ketones is 1.